The lowest BCUT2D eigenvalue weighted by molar-refractivity contribution is -0.125. The number of hydrogen-bond acceptors (Lipinski definition) is 4. The van der Waals surface area contributed by atoms with Crippen LogP contribution in [0.2, 0.25) is 0 Å². The van der Waals surface area contributed by atoms with Gasteiger partial charge in [-0.25, -0.2) is 0 Å². The van der Waals surface area contributed by atoms with E-state index in [4.69, 9.17) is 11.5 Å². The molecule has 0 radical (unpaired) electrons. The molecule has 6 heteroatoms. The zero-order valence-electron chi connectivity index (χ0n) is 18.2. The minimum atomic E-state index is -0.786. The minimum Gasteiger partial charge on any atom is -0.621 e. The monoisotopic (exact) mass is 430 g/mol. The molecular formula is C26H30N4O2. The second-order valence-electron chi connectivity index (χ2n) is 9.20. The predicted molar refractivity (Wildman–Crippen MR) is 129 cm³/mol. The fourth-order valence-electron chi connectivity index (χ4n) is 5.24. The van der Waals surface area contributed by atoms with Gasteiger partial charge in [-0.1, -0.05) is 36.4 Å². The normalized spacial score (nSPS) is 27.3. The highest BCUT2D eigenvalue weighted by Gasteiger charge is 2.47. The predicted octanol–water partition coefficient (Wildman–Crippen LogP) is 3.75. The molecule has 166 valence electrons. The molecule has 3 aromatic rings. The van der Waals surface area contributed by atoms with Crippen LogP contribution >= 0.6 is 0 Å². The third kappa shape index (κ3) is 3.59. The summed E-state index contributed by atoms with van der Waals surface area (Å²) >= 11 is 0. The molecule has 5 N–H and O–H groups in total. The van der Waals surface area contributed by atoms with Crippen molar-refractivity contribution in [1.29, 1.82) is 0 Å². The fourth-order valence-corrected chi connectivity index (χ4v) is 5.24. The Hall–Kier alpha value is -2.77. The van der Waals surface area contributed by atoms with Crippen molar-refractivity contribution in [3.8, 4) is 0 Å². The Labute approximate surface area is 188 Å². The van der Waals surface area contributed by atoms with Gasteiger partial charge < -0.3 is 22.0 Å². The largest absolute Gasteiger partial charge is 0.621 e. The Kier molecular flexibility index (Phi) is 5.47. The summed E-state index contributed by atoms with van der Waals surface area (Å²) in [6.07, 6.45) is 3.93. The standard InChI is InChI=1S/C26H30N4O2/c27-16-17-5-6-20-15-25(26(31)29-22-10-8-21(28)9-11-22)30(32,24(20)13-17)23-12-7-18-3-1-2-4-19(18)14-23/h1-7,12-14,21-22,25H,8-11,15-16,27-28H2,(H,29,31). The molecule has 1 heterocycles. The molecular weight excluding hydrogens is 400 g/mol. The molecule has 2 unspecified atom stereocenters. The smallest absolute Gasteiger partial charge is 0.280 e. The molecule has 0 bridgehead atoms. The summed E-state index contributed by atoms with van der Waals surface area (Å²) in [5.74, 6) is -0.181. The third-order valence-electron chi connectivity index (χ3n) is 7.13. The Morgan fingerprint density at radius 2 is 1.75 bits per heavy atom. The highest BCUT2D eigenvalue weighted by molar-refractivity contribution is 5.92. The summed E-state index contributed by atoms with van der Waals surface area (Å²) in [7, 11) is 0. The maximum Gasteiger partial charge on any atom is 0.280 e. The number of rotatable bonds is 4. The van der Waals surface area contributed by atoms with E-state index in [0.717, 1.165) is 47.6 Å². The van der Waals surface area contributed by atoms with Crippen molar-refractivity contribution in [3.63, 3.8) is 0 Å². The molecule has 1 aliphatic carbocycles. The molecule has 1 aliphatic heterocycles. The number of carbonyl (C=O) groups excluding carboxylic acids is 1. The summed E-state index contributed by atoms with van der Waals surface area (Å²) < 4.78 is -0.786. The molecule has 0 aromatic heterocycles. The molecule has 5 rings (SSSR count). The number of hydroxylamine groups is 1. The number of fused-ring (bicyclic) bond motifs is 2. The van der Waals surface area contributed by atoms with E-state index in [1.807, 2.05) is 60.7 Å². The van der Waals surface area contributed by atoms with E-state index in [0.29, 0.717) is 24.3 Å². The average molecular weight is 431 g/mol. The van der Waals surface area contributed by atoms with E-state index < -0.39 is 10.7 Å². The van der Waals surface area contributed by atoms with Gasteiger partial charge in [0.05, 0.1) is 0 Å². The summed E-state index contributed by atoms with van der Waals surface area (Å²) in [5, 5.41) is 19.9. The highest BCUT2D eigenvalue weighted by Crippen LogP contribution is 2.46. The Morgan fingerprint density at radius 1 is 1.00 bits per heavy atom. The van der Waals surface area contributed by atoms with Gasteiger partial charge in [0.15, 0.2) is 6.04 Å². The molecule has 32 heavy (non-hydrogen) atoms. The lowest BCUT2D eigenvalue weighted by atomic mass is 9.91. The van der Waals surface area contributed by atoms with Gasteiger partial charge in [0.2, 0.25) is 0 Å². The van der Waals surface area contributed by atoms with Crippen molar-refractivity contribution >= 4 is 28.1 Å². The second-order valence-corrected chi connectivity index (χ2v) is 9.20. The van der Waals surface area contributed by atoms with E-state index in [-0.39, 0.29) is 18.0 Å². The number of amides is 1. The first-order valence-corrected chi connectivity index (χ1v) is 11.5. The minimum absolute atomic E-state index is 0.0793. The lowest BCUT2D eigenvalue weighted by Gasteiger charge is -2.43. The van der Waals surface area contributed by atoms with Crippen LogP contribution in [0.5, 0.6) is 0 Å². The maximum absolute atomic E-state index is 14.7. The number of carbonyl (C=O) groups is 1. The second kappa shape index (κ2) is 8.30. The first kappa shape index (κ1) is 21.1. The third-order valence-corrected chi connectivity index (χ3v) is 7.13. The van der Waals surface area contributed by atoms with Crippen molar-refractivity contribution in [3.05, 3.63) is 77.0 Å². The van der Waals surface area contributed by atoms with Crippen LogP contribution in [-0.2, 0) is 17.8 Å². The molecule has 2 aliphatic rings. The molecule has 1 amide bonds. The molecule has 3 aromatic carbocycles. The Morgan fingerprint density at radius 3 is 2.50 bits per heavy atom. The SMILES string of the molecule is NCc1ccc2c(c1)[N+]([O-])(c1ccc3ccccc3c1)C(C(=O)NC1CCC(N)CC1)C2. The fraction of sp³-hybridized carbons (Fsp3) is 0.346. The van der Waals surface area contributed by atoms with E-state index in [1.54, 1.807) is 0 Å². The summed E-state index contributed by atoms with van der Waals surface area (Å²) in [5.41, 5.74) is 14.9. The van der Waals surface area contributed by atoms with Crippen molar-refractivity contribution in [2.75, 3.05) is 0 Å². The summed E-state index contributed by atoms with van der Waals surface area (Å²) in [6, 6.07) is 19.0. The van der Waals surface area contributed by atoms with Gasteiger partial charge in [-0.05, 0) is 48.1 Å². The average Bonchev–Trinajstić information content (AvgIpc) is 3.13. The Balaban J connectivity index is 1.55. The zero-order chi connectivity index (χ0) is 22.3. The van der Waals surface area contributed by atoms with Crippen LogP contribution in [0.25, 0.3) is 10.8 Å². The number of nitrogens with two attached hydrogens (primary N) is 2. The number of hydrogen-bond donors (Lipinski definition) is 3. The van der Waals surface area contributed by atoms with Gasteiger partial charge in [-0.2, -0.15) is 0 Å². The van der Waals surface area contributed by atoms with Crippen LogP contribution in [-0.4, -0.2) is 24.0 Å². The quantitative estimate of drug-likeness (QED) is 0.433. The van der Waals surface area contributed by atoms with Gasteiger partial charge in [-0.3, -0.25) is 9.44 Å². The van der Waals surface area contributed by atoms with E-state index in [9.17, 15) is 10.0 Å². The van der Waals surface area contributed by atoms with E-state index >= 15 is 0 Å². The number of benzene rings is 3. The molecule has 2 atom stereocenters. The molecule has 1 fully saturated rings. The van der Waals surface area contributed by atoms with Crippen LogP contribution in [0.15, 0.2) is 60.7 Å². The van der Waals surface area contributed by atoms with Crippen LogP contribution in [0.3, 0.4) is 0 Å². The van der Waals surface area contributed by atoms with Gasteiger partial charge in [-0.15, -0.1) is 0 Å². The van der Waals surface area contributed by atoms with E-state index in [2.05, 4.69) is 5.32 Å². The van der Waals surface area contributed by atoms with E-state index in [1.165, 1.54) is 0 Å². The lowest BCUT2D eigenvalue weighted by Crippen LogP contribution is -2.55. The van der Waals surface area contributed by atoms with Crippen molar-refractivity contribution in [2.45, 2.75) is 56.8 Å². The van der Waals surface area contributed by atoms with Crippen LogP contribution in [0.4, 0.5) is 11.4 Å². The molecule has 1 saturated carbocycles. The molecule has 6 nitrogen and oxygen atoms in total. The van der Waals surface area contributed by atoms with Gasteiger partial charge in [0, 0.05) is 48.8 Å². The Bertz CT molecular complexity index is 1160. The molecule has 0 spiro atoms. The number of nitrogens with one attached hydrogen (secondary N) is 1. The topological polar surface area (TPSA) is 104 Å². The first-order chi connectivity index (χ1) is 15.5. The van der Waals surface area contributed by atoms with Crippen molar-refractivity contribution in [2.24, 2.45) is 11.5 Å². The van der Waals surface area contributed by atoms with Gasteiger partial charge >= 0.3 is 0 Å². The first-order valence-electron chi connectivity index (χ1n) is 11.5. The number of quaternary nitrogens is 1. The van der Waals surface area contributed by atoms with Crippen molar-refractivity contribution in [1.82, 2.24) is 9.96 Å². The summed E-state index contributed by atoms with van der Waals surface area (Å²) in [6.45, 7) is 0.351. The number of nitrogens with zero attached hydrogens (tertiary/aromatic N) is 1. The van der Waals surface area contributed by atoms with Crippen LogP contribution < -0.4 is 21.4 Å². The zero-order valence-corrected chi connectivity index (χ0v) is 18.2. The summed E-state index contributed by atoms with van der Waals surface area (Å²) in [4.78, 5) is 13.5. The van der Waals surface area contributed by atoms with Crippen molar-refractivity contribution < 1.29 is 4.79 Å². The van der Waals surface area contributed by atoms with Gasteiger partial charge in [0.1, 0.15) is 11.4 Å². The highest BCUT2D eigenvalue weighted by atomic mass is 16.6. The molecule has 0 saturated heterocycles. The maximum atomic E-state index is 14.7. The van der Waals surface area contributed by atoms with Crippen LogP contribution in [0, 0.1) is 5.21 Å². The van der Waals surface area contributed by atoms with Gasteiger partial charge in [0.25, 0.3) is 5.91 Å². The van der Waals surface area contributed by atoms with Crippen LogP contribution in [0.1, 0.15) is 36.8 Å².